The molecule has 0 aromatic carbocycles. The normalized spacial score (nSPS) is 21.6. The predicted octanol–water partition coefficient (Wildman–Crippen LogP) is 2.53. The van der Waals surface area contributed by atoms with Gasteiger partial charge in [0.1, 0.15) is 0 Å². The Hall–Kier alpha value is -0.0800. The molecule has 1 aliphatic heterocycles. The second-order valence-corrected chi connectivity index (χ2v) is 5.48. The van der Waals surface area contributed by atoms with Crippen LogP contribution in [0.25, 0.3) is 0 Å². The van der Waals surface area contributed by atoms with Crippen LogP contribution in [0.15, 0.2) is 0 Å². The lowest BCUT2D eigenvalue weighted by Gasteiger charge is -2.49. The lowest BCUT2D eigenvalue weighted by Crippen LogP contribution is -2.63. The fraction of sp³-hybridized carbons (Fsp3) is 1.00. The molecule has 0 aromatic rings. The van der Waals surface area contributed by atoms with E-state index in [0.717, 1.165) is 25.6 Å². The van der Waals surface area contributed by atoms with Crippen molar-refractivity contribution in [3.05, 3.63) is 0 Å². The smallest absolute Gasteiger partial charge is 0.0907 e. The van der Waals surface area contributed by atoms with Crippen molar-refractivity contribution in [3.63, 3.8) is 0 Å². The Labute approximate surface area is 88.6 Å². The van der Waals surface area contributed by atoms with Crippen LogP contribution in [-0.2, 0) is 4.74 Å². The molecule has 0 spiro atoms. The molecule has 0 radical (unpaired) electrons. The first-order valence-electron chi connectivity index (χ1n) is 5.81. The zero-order chi connectivity index (χ0) is 10.8. The summed E-state index contributed by atoms with van der Waals surface area (Å²) in [5.41, 5.74) is 0.138. The summed E-state index contributed by atoms with van der Waals surface area (Å²) in [6, 6.07) is 0.664. The number of hydrogen-bond acceptors (Lipinski definition) is 2. The quantitative estimate of drug-likeness (QED) is 0.674. The summed E-state index contributed by atoms with van der Waals surface area (Å²) in [5.74, 6) is 0.750. The number of ether oxygens (including phenoxy) is 1. The highest BCUT2D eigenvalue weighted by molar-refractivity contribution is 4.94. The van der Waals surface area contributed by atoms with E-state index in [0.29, 0.717) is 6.04 Å². The maximum absolute atomic E-state index is 5.92. The molecule has 0 unspecified atom stereocenters. The minimum absolute atomic E-state index is 0.138. The van der Waals surface area contributed by atoms with Gasteiger partial charge in [0.2, 0.25) is 0 Å². The number of likely N-dealkylation sites (tertiary alicyclic amines) is 1. The van der Waals surface area contributed by atoms with Gasteiger partial charge in [0, 0.05) is 25.7 Å². The van der Waals surface area contributed by atoms with Crippen molar-refractivity contribution in [2.75, 3.05) is 19.7 Å². The van der Waals surface area contributed by atoms with E-state index in [2.05, 4.69) is 39.5 Å². The van der Waals surface area contributed by atoms with Gasteiger partial charge in [-0.3, -0.25) is 4.90 Å². The first kappa shape index (κ1) is 12.0. The molecule has 1 rings (SSSR count). The first-order chi connectivity index (χ1) is 6.43. The van der Waals surface area contributed by atoms with Gasteiger partial charge in [-0.15, -0.1) is 0 Å². The van der Waals surface area contributed by atoms with Gasteiger partial charge in [0.25, 0.3) is 0 Å². The van der Waals surface area contributed by atoms with Crippen molar-refractivity contribution < 1.29 is 4.74 Å². The summed E-state index contributed by atoms with van der Waals surface area (Å²) in [5, 5.41) is 0. The van der Waals surface area contributed by atoms with Crippen molar-refractivity contribution in [2.45, 2.75) is 52.7 Å². The second-order valence-electron chi connectivity index (χ2n) is 5.48. The zero-order valence-electron chi connectivity index (χ0n) is 10.3. The zero-order valence-corrected chi connectivity index (χ0v) is 10.3. The molecule has 0 aliphatic carbocycles. The third-order valence-electron chi connectivity index (χ3n) is 2.95. The highest BCUT2D eigenvalue weighted by Crippen LogP contribution is 2.26. The van der Waals surface area contributed by atoms with Crippen molar-refractivity contribution in [3.8, 4) is 0 Å². The lowest BCUT2D eigenvalue weighted by molar-refractivity contribution is -0.143. The van der Waals surface area contributed by atoms with E-state index in [9.17, 15) is 0 Å². The van der Waals surface area contributed by atoms with Crippen molar-refractivity contribution in [1.29, 1.82) is 0 Å². The van der Waals surface area contributed by atoms with Gasteiger partial charge in [-0.05, 0) is 33.1 Å². The molecule has 84 valence electrons. The van der Waals surface area contributed by atoms with Crippen LogP contribution in [0.1, 0.15) is 41.0 Å². The number of hydrogen-bond donors (Lipinski definition) is 0. The van der Waals surface area contributed by atoms with Crippen LogP contribution in [0.4, 0.5) is 0 Å². The van der Waals surface area contributed by atoms with E-state index in [4.69, 9.17) is 4.74 Å². The van der Waals surface area contributed by atoms with Crippen molar-refractivity contribution >= 4 is 0 Å². The second kappa shape index (κ2) is 4.63. The molecule has 2 nitrogen and oxygen atoms in total. The first-order valence-corrected chi connectivity index (χ1v) is 5.81. The molecule has 0 saturated carbocycles. The molecule has 0 N–H and O–H groups in total. The van der Waals surface area contributed by atoms with Crippen LogP contribution >= 0.6 is 0 Å². The topological polar surface area (TPSA) is 12.5 Å². The van der Waals surface area contributed by atoms with Gasteiger partial charge in [0.05, 0.1) is 5.60 Å². The lowest BCUT2D eigenvalue weighted by atomic mass is 9.94. The van der Waals surface area contributed by atoms with E-state index in [1.165, 1.54) is 6.42 Å². The molecule has 1 heterocycles. The highest BCUT2D eigenvalue weighted by atomic mass is 16.5. The van der Waals surface area contributed by atoms with Crippen LogP contribution < -0.4 is 0 Å². The van der Waals surface area contributed by atoms with Crippen LogP contribution in [0.5, 0.6) is 0 Å². The fourth-order valence-corrected chi connectivity index (χ4v) is 1.81. The molecular formula is C12H25NO. The Morgan fingerprint density at radius 2 is 1.79 bits per heavy atom. The number of rotatable bonds is 5. The summed E-state index contributed by atoms with van der Waals surface area (Å²) in [6.07, 6.45) is 1.18. The van der Waals surface area contributed by atoms with E-state index >= 15 is 0 Å². The standard InChI is InChI=1S/C12H25NO/c1-10(2)6-7-14-12(5)8-13(9-12)11(3)4/h10-11H,6-9H2,1-5H3. The minimum atomic E-state index is 0.138. The summed E-state index contributed by atoms with van der Waals surface area (Å²) >= 11 is 0. The van der Waals surface area contributed by atoms with E-state index in [1.54, 1.807) is 0 Å². The third-order valence-corrected chi connectivity index (χ3v) is 2.95. The largest absolute Gasteiger partial charge is 0.373 e. The Balaban J connectivity index is 2.14. The Morgan fingerprint density at radius 1 is 1.21 bits per heavy atom. The SMILES string of the molecule is CC(C)CCOC1(C)CN(C(C)C)C1. The summed E-state index contributed by atoms with van der Waals surface area (Å²) in [4.78, 5) is 2.45. The molecule has 0 bridgehead atoms. The number of nitrogens with zero attached hydrogens (tertiary/aromatic N) is 1. The Kier molecular flexibility index (Phi) is 3.96. The Bertz CT molecular complexity index is 171. The summed E-state index contributed by atoms with van der Waals surface area (Å²) < 4.78 is 5.92. The summed E-state index contributed by atoms with van der Waals surface area (Å²) in [7, 11) is 0. The Morgan fingerprint density at radius 3 is 2.21 bits per heavy atom. The molecule has 1 fully saturated rings. The molecule has 0 atom stereocenters. The minimum Gasteiger partial charge on any atom is -0.373 e. The maximum atomic E-state index is 5.92. The molecule has 1 saturated heterocycles. The van der Waals surface area contributed by atoms with Crippen LogP contribution in [0.3, 0.4) is 0 Å². The van der Waals surface area contributed by atoms with Crippen LogP contribution in [0.2, 0.25) is 0 Å². The van der Waals surface area contributed by atoms with Gasteiger partial charge < -0.3 is 4.74 Å². The van der Waals surface area contributed by atoms with E-state index < -0.39 is 0 Å². The van der Waals surface area contributed by atoms with Crippen molar-refractivity contribution in [2.24, 2.45) is 5.92 Å². The van der Waals surface area contributed by atoms with Crippen LogP contribution in [0, 0.1) is 5.92 Å². The van der Waals surface area contributed by atoms with Gasteiger partial charge in [-0.25, -0.2) is 0 Å². The molecule has 14 heavy (non-hydrogen) atoms. The molecular weight excluding hydrogens is 174 g/mol. The highest BCUT2D eigenvalue weighted by Gasteiger charge is 2.40. The predicted molar refractivity (Wildman–Crippen MR) is 60.5 cm³/mol. The average molecular weight is 199 g/mol. The monoisotopic (exact) mass is 199 g/mol. The third kappa shape index (κ3) is 3.25. The molecule has 0 amide bonds. The molecule has 1 aliphatic rings. The van der Waals surface area contributed by atoms with Crippen molar-refractivity contribution in [1.82, 2.24) is 4.90 Å². The average Bonchev–Trinajstić information content (AvgIpc) is 1.98. The van der Waals surface area contributed by atoms with Crippen LogP contribution in [-0.4, -0.2) is 36.2 Å². The molecule has 0 aromatic heterocycles. The molecule has 2 heteroatoms. The summed E-state index contributed by atoms with van der Waals surface area (Å²) in [6.45, 7) is 14.3. The van der Waals surface area contributed by atoms with Gasteiger partial charge in [0.15, 0.2) is 0 Å². The van der Waals surface area contributed by atoms with E-state index in [-0.39, 0.29) is 5.60 Å². The van der Waals surface area contributed by atoms with Gasteiger partial charge in [-0.1, -0.05) is 13.8 Å². The maximum Gasteiger partial charge on any atom is 0.0907 e. The van der Waals surface area contributed by atoms with E-state index in [1.807, 2.05) is 0 Å². The fourth-order valence-electron chi connectivity index (χ4n) is 1.81. The van der Waals surface area contributed by atoms with Gasteiger partial charge in [-0.2, -0.15) is 0 Å². The van der Waals surface area contributed by atoms with Gasteiger partial charge >= 0.3 is 0 Å².